The highest BCUT2D eigenvalue weighted by Crippen LogP contribution is 2.24. The van der Waals surface area contributed by atoms with E-state index in [1.54, 1.807) is 18.3 Å². The Balaban J connectivity index is 2.12. The normalized spacial score (nSPS) is 22.9. The Morgan fingerprint density at radius 1 is 1.30 bits per heavy atom. The Morgan fingerprint density at radius 2 is 2.05 bits per heavy atom. The third-order valence-corrected chi connectivity index (χ3v) is 4.29. The molecule has 20 heavy (non-hydrogen) atoms. The van der Waals surface area contributed by atoms with Gasteiger partial charge in [-0.1, -0.05) is 19.3 Å². The van der Waals surface area contributed by atoms with Crippen LogP contribution < -0.4 is 5.32 Å². The van der Waals surface area contributed by atoms with Crippen molar-refractivity contribution < 1.29 is 14.7 Å². The van der Waals surface area contributed by atoms with E-state index in [-0.39, 0.29) is 11.9 Å². The maximum Gasteiger partial charge on any atom is 0.308 e. The number of hydrogen-bond donors (Lipinski definition) is 2. The first-order valence-electron chi connectivity index (χ1n) is 6.74. The Labute approximate surface area is 125 Å². The van der Waals surface area contributed by atoms with Gasteiger partial charge in [0, 0.05) is 12.2 Å². The molecular weight excluding hydrogens is 324 g/mol. The highest BCUT2D eigenvalue weighted by Gasteiger charge is 2.31. The van der Waals surface area contributed by atoms with E-state index in [1.165, 1.54) is 0 Å². The van der Waals surface area contributed by atoms with Crippen molar-refractivity contribution in [2.24, 2.45) is 5.92 Å². The third-order valence-electron chi connectivity index (χ3n) is 3.65. The van der Waals surface area contributed by atoms with Crippen molar-refractivity contribution in [3.8, 4) is 0 Å². The van der Waals surface area contributed by atoms with Crippen LogP contribution in [0.4, 0.5) is 0 Å². The molecule has 1 aromatic heterocycles. The van der Waals surface area contributed by atoms with E-state index in [4.69, 9.17) is 0 Å². The highest BCUT2D eigenvalue weighted by molar-refractivity contribution is 9.10. The van der Waals surface area contributed by atoms with Crippen LogP contribution in [0.2, 0.25) is 0 Å². The molecule has 6 heteroatoms. The molecule has 1 aromatic rings. The smallest absolute Gasteiger partial charge is 0.308 e. The Kier molecular flexibility index (Phi) is 5.11. The molecule has 0 saturated heterocycles. The zero-order valence-corrected chi connectivity index (χ0v) is 12.6. The van der Waals surface area contributed by atoms with Crippen LogP contribution in [0.25, 0.3) is 0 Å². The quantitative estimate of drug-likeness (QED) is 0.654. The predicted molar refractivity (Wildman–Crippen MR) is 77.4 cm³/mol. The molecule has 0 spiro atoms. The summed E-state index contributed by atoms with van der Waals surface area (Å²) in [4.78, 5) is 27.6. The van der Waals surface area contributed by atoms with E-state index in [0.717, 1.165) is 19.3 Å². The molecule has 2 rings (SSSR count). The topological polar surface area (TPSA) is 79.3 Å². The summed E-state index contributed by atoms with van der Waals surface area (Å²) in [6, 6.07) is 3.04. The maximum absolute atomic E-state index is 12.2. The van der Waals surface area contributed by atoms with Crippen molar-refractivity contribution in [3.05, 3.63) is 28.5 Å². The van der Waals surface area contributed by atoms with Crippen molar-refractivity contribution in [3.63, 3.8) is 0 Å². The monoisotopic (exact) mass is 340 g/mol. The Hall–Kier alpha value is -1.43. The first kappa shape index (κ1) is 15.0. The molecule has 5 nitrogen and oxygen atoms in total. The number of nitrogens with zero attached hydrogens (tertiary/aromatic N) is 1. The lowest BCUT2D eigenvalue weighted by atomic mass is 9.94. The number of carboxylic acid groups (broad SMARTS) is 1. The van der Waals surface area contributed by atoms with Crippen molar-refractivity contribution in [1.82, 2.24) is 10.3 Å². The molecule has 1 amide bonds. The van der Waals surface area contributed by atoms with Gasteiger partial charge in [0.25, 0.3) is 5.91 Å². The van der Waals surface area contributed by atoms with Crippen LogP contribution >= 0.6 is 15.9 Å². The van der Waals surface area contributed by atoms with Crippen LogP contribution in [0.5, 0.6) is 0 Å². The first-order valence-corrected chi connectivity index (χ1v) is 7.53. The van der Waals surface area contributed by atoms with Crippen molar-refractivity contribution in [2.75, 3.05) is 0 Å². The fourth-order valence-corrected chi connectivity index (χ4v) is 3.01. The van der Waals surface area contributed by atoms with Gasteiger partial charge in [-0.05, 0) is 40.9 Å². The number of pyridine rings is 1. The zero-order chi connectivity index (χ0) is 14.5. The van der Waals surface area contributed by atoms with Crippen molar-refractivity contribution in [2.45, 2.75) is 38.1 Å². The lowest BCUT2D eigenvalue weighted by Crippen LogP contribution is -2.43. The largest absolute Gasteiger partial charge is 0.481 e. The maximum atomic E-state index is 12.2. The molecule has 1 aliphatic carbocycles. The van der Waals surface area contributed by atoms with Crippen molar-refractivity contribution in [1.29, 1.82) is 0 Å². The number of aromatic nitrogens is 1. The van der Waals surface area contributed by atoms with E-state index in [0.29, 0.717) is 23.0 Å². The van der Waals surface area contributed by atoms with Gasteiger partial charge < -0.3 is 10.4 Å². The number of hydrogen-bond acceptors (Lipinski definition) is 3. The fourth-order valence-electron chi connectivity index (χ4n) is 2.58. The molecule has 1 fully saturated rings. The van der Waals surface area contributed by atoms with Gasteiger partial charge in [0.2, 0.25) is 0 Å². The molecule has 108 valence electrons. The molecular formula is C14H17BrN2O3. The molecule has 0 aliphatic heterocycles. The van der Waals surface area contributed by atoms with Gasteiger partial charge in [-0.15, -0.1) is 0 Å². The molecule has 0 aromatic carbocycles. The first-order chi connectivity index (χ1) is 9.59. The lowest BCUT2D eigenvalue weighted by Gasteiger charge is -2.23. The standard InChI is InChI=1S/C14H17BrN2O3/c15-12-10(6-4-8-16-12)13(18)17-11-7-3-1-2-5-9(11)14(19)20/h4,6,8-9,11H,1-3,5,7H2,(H,17,18)(H,19,20). The minimum absolute atomic E-state index is 0.275. The second kappa shape index (κ2) is 6.83. The van der Waals surface area contributed by atoms with Crippen LogP contribution in [-0.2, 0) is 4.79 Å². The number of carboxylic acids is 1. The Bertz CT molecular complexity index is 507. The third kappa shape index (κ3) is 3.56. The SMILES string of the molecule is O=C(NC1CCCCCC1C(=O)O)c1cccnc1Br. The number of nitrogens with one attached hydrogen (secondary N) is 1. The van der Waals surface area contributed by atoms with Gasteiger partial charge in [0.15, 0.2) is 0 Å². The van der Waals surface area contributed by atoms with Gasteiger partial charge in [-0.3, -0.25) is 9.59 Å². The summed E-state index contributed by atoms with van der Waals surface area (Å²) in [6.45, 7) is 0. The summed E-state index contributed by atoms with van der Waals surface area (Å²) in [6.07, 6.45) is 5.79. The molecule has 2 atom stereocenters. The average molecular weight is 341 g/mol. The molecule has 0 bridgehead atoms. The average Bonchev–Trinajstić information content (AvgIpc) is 2.64. The lowest BCUT2D eigenvalue weighted by molar-refractivity contribution is -0.142. The van der Waals surface area contributed by atoms with E-state index in [9.17, 15) is 14.7 Å². The van der Waals surface area contributed by atoms with E-state index < -0.39 is 11.9 Å². The summed E-state index contributed by atoms with van der Waals surface area (Å²) in [5.74, 6) is -1.61. The summed E-state index contributed by atoms with van der Waals surface area (Å²) in [5.41, 5.74) is 0.431. The van der Waals surface area contributed by atoms with E-state index in [2.05, 4.69) is 26.2 Å². The number of aliphatic carboxylic acids is 1. The van der Waals surface area contributed by atoms with E-state index in [1.807, 2.05) is 0 Å². The number of carbonyl (C=O) groups is 2. The Morgan fingerprint density at radius 3 is 2.75 bits per heavy atom. The van der Waals surface area contributed by atoms with E-state index >= 15 is 0 Å². The number of carbonyl (C=O) groups excluding carboxylic acids is 1. The van der Waals surface area contributed by atoms with Crippen molar-refractivity contribution >= 4 is 27.8 Å². The van der Waals surface area contributed by atoms with Gasteiger partial charge in [0.05, 0.1) is 11.5 Å². The van der Waals surface area contributed by atoms with Gasteiger partial charge in [0.1, 0.15) is 4.60 Å². The highest BCUT2D eigenvalue weighted by atomic mass is 79.9. The summed E-state index contributed by atoms with van der Waals surface area (Å²) in [5, 5.41) is 12.2. The fraction of sp³-hybridized carbons (Fsp3) is 0.500. The molecule has 1 saturated carbocycles. The van der Waals surface area contributed by atoms with Crippen LogP contribution in [0.3, 0.4) is 0 Å². The number of rotatable bonds is 3. The molecule has 2 unspecified atom stereocenters. The second-order valence-electron chi connectivity index (χ2n) is 5.00. The van der Waals surface area contributed by atoms with Crippen LogP contribution in [0.15, 0.2) is 22.9 Å². The van der Waals surface area contributed by atoms with Gasteiger partial charge in [-0.25, -0.2) is 4.98 Å². The van der Waals surface area contributed by atoms with Gasteiger partial charge >= 0.3 is 5.97 Å². The number of amides is 1. The molecule has 0 radical (unpaired) electrons. The van der Waals surface area contributed by atoms with Gasteiger partial charge in [-0.2, -0.15) is 0 Å². The minimum atomic E-state index is -0.831. The summed E-state index contributed by atoms with van der Waals surface area (Å²) in [7, 11) is 0. The summed E-state index contributed by atoms with van der Waals surface area (Å²) >= 11 is 3.23. The molecule has 2 N–H and O–H groups in total. The summed E-state index contributed by atoms with van der Waals surface area (Å²) < 4.78 is 0.470. The number of halogens is 1. The molecule has 1 aliphatic rings. The van der Waals surface area contributed by atoms with Crippen LogP contribution in [-0.4, -0.2) is 28.0 Å². The second-order valence-corrected chi connectivity index (χ2v) is 5.76. The molecule has 1 heterocycles. The predicted octanol–water partition coefficient (Wildman–Crippen LogP) is 2.61. The zero-order valence-electron chi connectivity index (χ0n) is 11.0. The minimum Gasteiger partial charge on any atom is -0.481 e. The van der Waals surface area contributed by atoms with Crippen LogP contribution in [0, 0.1) is 5.92 Å². The van der Waals surface area contributed by atoms with Crippen LogP contribution in [0.1, 0.15) is 42.5 Å².